The molecule has 3 nitrogen and oxygen atoms in total. The van der Waals surface area contributed by atoms with Crippen molar-refractivity contribution >= 4 is 5.69 Å². The van der Waals surface area contributed by atoms with Gasteiger partial charge >= 0.3 is 0 Å². The number of nitrogens with one attached hydrogen (secondary N) is 1. The molecule has 114 valence electrons. The van der Waals surface area contributed by atoms with E-state index in [2.05, 4.69) is 5.32 Å². The number of aliphatic hydroxyl groups is 1. The maximum Gasteiger partial charge on any atom is 0.149 e. The Morgan fingerprint density at radius 2 is 1.80 bits per heavy atom. The van der Waals surface area contributed by atoms with E-state index >= 15 is 0 Å². The Morgan fingerprint density at radius 3 is 2.25 bits per heavy atom. The Labute approximate surface area is 119 Å². The molecule has 1 aromatic rings. The number of hydrogen-bond acceptors (Lipinski definition) is 3. The van der Waals surface area contributed by atoms with E-state index in [9.17, 15) is 8.78 Å². The molecule has 0 saturated heterocycles. The van der Waals surface area contributed by atoms with Crippen LogP contribution in [-0.4, -0.2) is 30.8 Å². The number of halogens is 2. The molecule has 0 unspecified atom stereocenters. The van der Waals surface area contributed by atoms with Crippen molar-refractivity contribution in [1.82, 2.24) is 5.32 Å². The summed E-state index contributed by atoms with van der Waals surface area (Å²) >= 11 is 0. The third-order valence-corrected chi connectivity index (χ3v) is 2.97. The number of aliphatic hydroxyl groups excluding tert-OH is 1. The second-order valence-electron chi connectivity index (χ2n) is 5.15. The average Bonchev–Trinajstić information content (AvgIpc) is 2.36. The minimum absolute atomic E-state index is 0.0470. The van der Waals surface area contributed by atoms with Crippen LogP contribution < -0.4 is 10.2 Å². The molecule has 0 spiro atoms. The van der Waals surface area contributed by atoms with Crippen LogP contribution in [0.15, 0.2) is 12.1 Å². The first-order valence-electron chi connectivity index (χ1n) is 7.06. The monoisotopic (exact) mass is 286 g/mol. The molecule has 1 rings (SSSR count). The van der Waals surface area contributed by atoms with Crippen LogP contribution in [-0.2, 0) is 6.54 Å². The fourth-order valence-corrected chi connectivity index (χ4v) is 2.07. The van der Waals surface area contributed by atoms with E-state index in [1.54, 1.807) is 4.90 Å². The minimum Gasteiger partial charge on any atom is -0.395 e. The third-order valence-electron chi connectivity index (χ3n) is 2.97. The Kier molecular flexibility index (Phi) is 6.88. The summed E-state index contributed by atoms with van der Waals surface area (Å²) in [6.07, 6.45) is 0.759. The average molecular weight is 286 g/mol. The maximum absolute atomic E-state index is 14.1. The standard InChI is InChI=1S/C15H24F2N2O/c1-4-5-19(6-7-20)15-13(16)8-12(9-14(15)17)10-18-11(2)3/h8-9,11,18,20H,4-7,10H2,1-3H3. The molecule has 0 radical (unpaired) electrons. The van der Waals surface area contributed by atoms with Crippen molar-refractivity contribution in [2.24, 2.45) is 0 Å². The summed E-state index contributed by atoms with van der Waals surface area (Å²) in [7, 11) is 0. The second-order valence-corrected chi connectivity index (χ2v) is 5.15. The van der Waals surface area contributed by atoms with E-state index in [0.29, 0.717) is 18.7 Å². The normalized spacial score (nSPS) is 11.2. The lowest BCUT2D eigenvalue weighted by Gasteiger charge is -2.24. The molecule has 20 heavy (non-hydrogen) atoms. The summed E-state index contributed by atoms with van der Waals surface area (Å²) in [5, 5.41) is 12.1. The van der Waals surface area contributed by atoms with Gasteiger partial charge in [-0.25, -0.2) is 8.78 Å². The van der Waals surface area contributed by atoms with Crippen molar-refractivity contribution in [3.8, 4) is 0 Å². The van der Waals surface area contributed by atoms with Crippen molar-refractivity contribution in [3.63, 3.8) is 0 Å². The summed E-state index contributed by atoms with van der Waals surface area (Å²) in [6, 6.07) is 2.97. The van der Waals surface area contributed by atoms with E-state index in [1.165, 1.54) is 12.1 Å². The van der Waals surface area contributed by atoms with E-state index in [0.717, 1.165) is 6.42 Å². The number of anilines is 1. The van der Waals surface area contributed by atoms with Crippen LogP contribution in [0.5, 0.6) is 0 Å². The SMILES string of the molecule is CCCN(CCO)c1c(F)cc(CNC(C)C)cc1F. The first-order chi connectivity index (χ1) is 9.49. The van der Waals surface area contributed by atoms with Crippen molar-refractivity contribution in [3.05, 3.63) is 29.3 Å². The van der Waals surface area contributed by atoms with Crippen LogP contribution in [0.2, 0.25) is 0 Å². The van der Waals surface area contributed by atoms with E-state index in [4.69, 9.17) is 5.11 Å². The van der Waals surface area contributed by atoms with Crippen molar-refractivity contribution in [2.45, 2.75) is 39.8 Å². The van der Waals surface area contributed by atoms with E-state index in [-0.39, 0.29) is 24.9 Å². The molecule has 0 aliphatic rings. The zero-order valence-corrected chi connectivity index (χ0v) is 12.4. The van der Waals surface area contributed by atoms with Gasteiger partial charge in [-0.05, 0) is 24.1 Å². The topological polar surface area (TPSA) is 35.5 Å². The molecule has 0 aliphatic carbocycles. The number of rotatable bonds is 8. The highest BCUT2D eigenvalue weighted by Gasteiger charge is 2.17. The smallest absolute Gasteiger partial charge is 0.149 e. The number of nitrogens with zero attached hydrogens (tertiary/aromatic N) is 1. The number of hydrogen-bond donors (Lipinski definition) is 2. The molecule has 2 N–H and O–H groups in total. The highest BCUT2D eigenvalue weighted by atomic mass is 19.1. The molecule has 0 amide bonds. The van der Waals surface area contributed by atoms with Crippen molar-refractivity contribution < 1.29 is 13.9 Å². The highest BCUT2D eigenvalue weighted by molar-refractivity contribution is 5.50. The molecule has 0 atom stereocenters. The summed E-state index contributed by atoms with van der Waals surface area (Å²) in [5.74, 6) is -1.15. The zero-order chi connectivity index (χ0) is 15.1. The maximum atomic E-state index is 14.1. The first kappa shape index (κ1) is 16.9. The summed E-state index contributed by atoms with van der Waals surface area (Å²) < 4.78 is 28.3. The molecule has 1 aromatic carbocycles. The predicted molar refractivity (Wildman–Crippen MR) is 77.9 cm³/mol. The molecular formula is C15H24F2N2O. The van der Waals surface area contributed by atoms with Gasteiger partial charge in [-0.2, -0.15) is 0 Å². The van der Waals surface area contributed by atoms with Crippen LogP contribution in [0, 0.1) is 11.6 Å². The molecule has 0 fully saturated rings. The van der Waals surface area contributed by atoms with Gasteiger partial charge in [0.15, 0.2) is 0 Å². The molecular weight excluding hydrogens is 262 g/mol. The van der Waals surface area contributed by atoms with Gasteiger partial charge in [0.25, 0.3) is 0 Å². The second kappa shape index (κ2) is 8.17. The highest BCUT2D eigenvalue weighted by Crippen LogP contribution is 2.25. The van der Waals surface area contributed by atoms with Gasteiger partial charge in [0.2, 0.25) is 0 Å². The van der Waals surface area contributed by atoms with Crippen LogP contribution in [0.25, 0.3) is 0 Å². The first-order valence-corrected chi connectivity index (χ1v) is 7.06. The molecule has 0 aromatic heterocycles. The molecule has 5 heteroatoms. The minimum atomic E-state index is -0.576. The summed E-state index contributed by atoms with van der Waals surface area (Å²) in [6.45, 7) is 6.93. The number of benzene rings is 1. The molecule has 0 saturated carbocycles. The Bertz CT molecular complexity index is 395. The van der Waals surface area contributed by atoms with Gasteiger partial charge in [-0.1, -0.05) is 20.8 Å². The van der Waals surface area contributed by atoms with Crippen LogP contribution in [0.4, 0.5) is 14.5 Å². The summed E-state index contributed by atoms with van der Waals surface area (Å²) in [4.78, 5) is 1.55. The predicted octanol–water partition coefficient (Wildman–Crippen LogP) is 2.67. The zero-order valence-electron chi connectivity index (χ0n) is 12.4. The fraction of sp³-hybridized carbons (Fsp3) is 0.600. The van der Waals surface area contributed by atoms with Gasteiger partial charge in [0.05, 0.1) is 6.61 Å². The van der Waals surface area contributed by atoms with E-state index < -0.39 is 11.6 Å². The van der Waals surface area contributed by atoms with Gasteiger partial charge in [0, 0.05) is 25.7 Å². The van der Waals surface area contributed by atoms with Gasteiger partial charge < -0.3 is 15.3 Å². The van der Waals surface area contributed by atoms with Gasteiger partial charge in [-0.3, -0.25) is 0 Å². The fourth-order valence-electron chi connectivity index (χ4n) is 2.07. The van der Waals surface area contributed by atoms with E-state index in [1.807, 2.05) is 20.8 Å². The Morgan fingerprint density at radius 1 is 1.20 bits per heavy atom. The lowest BCUT2D eigenvalue weighted by atomic mass is 10.1. The van der Waals surface area contributed by atoms with Gasteiger partial charge in [-0.15, -0.1) is 0 Å². The van der Waals surface area contributed by atoms with Gasteiger partial charge in [0.1, 0.15) is 17.3 Å². The van der Waals surface area contributed by atoms with Crippen LogP contribution in [0.3, 0.4) is 0 Å². The molecule has 0 heterocycles. The molecule has 0 bridgehead atoms. The van der Waals surface area contributed by atoms with Crippen LogP contribution in [0.1, 0.15) is 32.8 Å². The van der Waals surface area contributed by atoms with Crippen LogP contribution >= 0.6 is 0 Å². The van der Waals surface area contributed by atoms with Crippen molar-refractivity contribution in [1.29, 1.82) is 0 Å². The van der Waals surface area contributed by atoms with Crippen molar-refractivity contribution in [2.75, 3.05) is 24.6 Å². The molecule has 0 aliphatic heterocycles. The quantitative estimate of drug-likeness (QED) is 0.771. The lowest BCUT2D eigenvalue weighted by Crippen LogP contribution is -2.29. The Balaban J connectivity index is 2.97. The summed E-state index contributed by atoms with van der Waals surface area (Å²) in [5.41, 5.74) is 0.534. The lowest BCUT2D eigenvalue weighted by molar-refractivity contribution is 0.301. The third kappa shape index (κ3) is 4.72. The Hall–Kier alpha value is -1.20. The largest absolute Gasteiger partial charge is 0.395 e.